The Bertz CT molecular complexity index is 624. The quantitative estimate of drug-likeness (QED) is 0.902. The van der Waals surface area contributed by atoms with Gasteiger partial charge in [0, 0.05) is 0 Å². The fourth-order valence-corrected chi connectivity index (χ4v) is 2.57. The first-order valence-electron chi connectivity index (χ1n) is 5.57. The molecule has 1 aromatic rings. The highest BCUT2D eigenvalue weighted by Crippen LogP contribution is 2.47. The minimum absolute atomic E-state index is 0.311. The zero-order chi connectivity index (χ0) is 14.2. The number of fused-ring (bicyclic) bond motifs is 1. The molecule has 1 aromatic carbocycles. The summed E-state index contributed by atoms with van der Waals surface area (Å²) in [4.78, 5) is 12.1. The number of nitrogens with one attached hydrogen (secondary N) is 1. The Morgan fingerprint density at radius 1 is 1.42 bits per heavy atom. The molecule has 2 rings (SSSR count). The zero-order valence-electron chi connectivity index (χ0n) is 10.3. The Labute approximate surface area is 124 Å². The average Bonchev–Trinajstić information content (AvgIpc) is 2.83. The lowest BCUT2D eigenvalue weighted by Gasteiger charge is -2.22. The number of carbonyl (C=O) groups excluding carboxylic acids is 1. The van der Waals surface area contributed by atoms with Crippen LogP contribution in [-0.2, 0) is 16.1 Å². The Hall–Kier alpha value is -0.950. The van der Waals surface area contributed by atoms with Gasteiger partial charge < -0.3 is 11.1 Å². The van der Waals surface area contributed by atoms with Crippen LogP contribution < -0.4 is 11.1 Å². The first-order chi connectivity index (χ1) is 8.86. The molecule has 3 N–H and O–H groups in total. The van der Waals surface area contributed by atoms with Crippen molar-refractivity contribution in [2.24, 2.45) is 14.5 Å². The third-order valence-electron chi connectivity index (χ3n) is 2.94. The van der Waals surface area contributed by atoms with Crippen molar-refractivity contribution in [2.45, 2.75) is 25.8 Å². The van der Waals surface area contributed by atoms with Crippen LogP contribution in [0.4, 0.5) is 17.1 Å². The van der Waals surface area contributed by atoms with E-state index in [2.05, 4.69) is 14.0 Å². The summed E-state index contributed by atoms with van der Waals surface area (Å²) in [5, 5.41) is 3.42. The third-order valence-corrected chi connectivity index (χ3v) is 4.05. The number of amides is 1. The molecule has 0 aliphatic carbocycles. The van der Waals surface area contributed by atoms with E-state index in [0.29, 0.717) is 33.5 Å². The molecule has 0 saturated heterocycles. The summed E-state index contributed by atoms with van der Waals surface area (Å²) in [7, 11) is 0. The van der Waals surface area contributed by atoms with Gasteiger partial charge in [-0.25, -0.2) is 0 Å². The number of nitrogens with two attached hydrogens (primary N) is 1. The molecular weight excluding hydrogens is 307 g/mol. The van der Waals surface area contributed by atoms with Gasteiger partial charge in [-0.15, -0.1) is 0 Å². The van der Waals surface area contributed by atoms with Crippen LogP contribution in [0.2, 0.25) is 10.0 Å². The number of hydrogen-bond acceptors (Lipinski definition) is 4. The van der Waals surface area contributed by atoms with Crippen molar-refractivity contribution in [3.63, 3.8) is 0 Å². The van der Waals surface area contributed by atoms with Crippen LogP contribution in [0.25, 0.3) is 0 Å². The maximum Gasteiger partial charge on any atom is 0.244 e. The molecule has 1 aliphatic rings. The number of benzene rings is 1. The summed E-state index contributed by atoms with van der Waals surface area (Å²) < 4.78 is 8.17. The predicted octanol–water partition coefficient (Wildman–Crippen LogP) is 3.79. The molecule has 8 heteroatoms. The first-order valence-corrected chi connectivity index (χ1v) is 7.06. The molecule has 102 valence electrons. The lowest BCUT2D eigenvalue weighted by molar-refractivity contribution is -0.120. The zero-order valence-corrected chi connectivity index (χ0v) is 12.7. The van der Waals surface area contributed by atoms with E-state index < -0.39 is 5.54 Å². The summed E-state index contributed by atoms with van der Waals surface area (Å²) in [6.07, 6.45) is 0.502. The van der Waals surface area contributed by atoms with Crippen LogP contribution in [0.15, 0.2) is 14.8 Å². The summed E-state index contributed by atoms with van der Waals surface area (Å²) >= 11 is 13.1. The van der Waals surface area contributed by atoms with E-state index in [4.69, 9.17) is 28.9 Å². The summed E-state index contributed by atoms with van der Waals surface area (Å²) in [6.45, 7) is 3.49. The van der Waals surface area contributed by atoms with Gasteiger partial charge >= 0.3 is 0 Å². The van der Waals surface area contributed by atoms with Gasteiger partial charge in [0.15, 0.2) is 0 Å². The molecule has 1 amide bonds. The molecule has 1 unspecified atom stereocenters. The normalized spacial score (nSPS) is 15.6. The fraction of sp³-hybridized carbons (Fsp3) is 0.364. The van der Waals surface area contributed by atoms with Gasteiger partial charge in [-0.3, -0.25) is 4.79 Å². The highest BCUT2D eigenvalue weighted by Gasteiger charge is 2.28. The Balaban J connectivity index is 2.41. The second-order valence-corrected chi connectivity index (χ2v) is 5.74. The first kappa shape index (κ1) is 14.5. The van der Waals surface area contributed by atoms with Crippen LogP contribution in [0.5, 0.6) is 0 Å². The molecule has 0 spiro atoms. The SMILES string of the molecule is CCC(C)(N)C(=O)Nc1c(Cl)cc(Cl)c2c1N=S=N2. The highest BCUT2D eigenvalue weighted by atomic mass is 35.5. The van der Waals surface area contributed by atoms with Crippen LogP contribution in [-0.4, -0.2) is 11.4 Å². The van der Waals surface area contributed by atoms with E-state index in [0.717, 1.165) is 11.4 Å². The summed E-state index contributed by atoms with van der Waals surface area (Å²) in [5.41, 5.74) is 6.30. The van der Waals surface area contributed by atoms with E-state index >= 15 is 0 Å². The van der Waals surface area contributed by atoms with Crippen LogP contribution >= 0.6 is 23.2 Å². The Morgan fingerprint density at radius 3 is 2.68 bits per heavy atom. The second kappa shape index (κ2) is 5.20. The van der Waals surface area contributed by atoms with Crippen molar-refractivity contribution in [3.05, 3.63) is 16.1 Å². The van der Waals surface area contributed by atoms with Gasteiger partial charge in [0.25, 0.3) is 0 Å². The van der Waals surface area contributed by atoms with E-state index in [-0.39, 0.29) is 5.91 Å². The van der Waals surface area contributed by atoms with E-state index in [9.17, 15) is 4.79 Å². The Morgan fingerprint density at radius 2 is 2.05 bits per heavy atom. The molecule has 5 nitrogen and oxygen atoms in total. The van der Waals surface area contributed by atoms with Gasteiger partial charge in [-0.1, -0.05) is 30.1 Å². The average molecular weight is 319 g/mol. The van der Waals surface area contributed by atoms with Crippen LogP contribution in [0, 0.1) is 0 Å². The lowest BCUT2D eigenvalue weighted by atomic mass is 9.99. The molecular formula is C11H12Cl2N4OS. The van der Waals surface area contributed by atoms with E-state index in [1.54, 1.807) is 6.92 Å². The second-order valence-electron chi connectivity index (χ2n) is 4.40. The van der Waals surface area contributed by atoms with Gasteiger partial charge in [0.2, 0.25) is 5.91 Å². The molecule has 1 heterocycles. The topological polar surface area (TPSA) is 79.8 Å². The van der Waals surface area contributed by atoms with Gasteiger partial charge in [0.1, 0.15) is 11.4 Å². The van der Waals surface area contributed by atoms with Crippen molar-refractivity contribution in [2.75, 3.05) is 5.32 Å². The number of halogens is 2. The monoisotopic (exact) mass is 318 g/mol. The molecule has 0 radical (unpaired) electrons. The maximum absolute atomic E-state index is 12.1. The van der Waals surface area contributed by atoms with E-state index in [1.165, 1.54) is 6.07 Å². The van der Waals surface area contributed by atoms with Gasteiger partial charge in [-0.05, 0) is 19.4 Å². The van der Waals surface area contributed by atoms with Crippen molar-refractivity contribution in [3.8, 4) is 0 Å². The predicted molar refractivity (Wildman–Crippen MR) is 79.5 cm³/mol. The number of carbonyl (C=O) groups is 1. The molecule has 0 fully saturated rings. The van der Waals surface area contributed by atoms with E-state index in [1.807, 2.05) is 6.92 Å². The van der Waals surface area contributed by atoms with Crippen molar-refractivity contribution in [1.29, 1.82) is 0 Å². The number of nitrogens with zero attached hydrogens (tertiary/aromatic N) is 2. The van der Waals surface area contributed by atoms with Gasteiger partial charge in [0.05, 0.1) is 32.6 Å². The molecule has 0 saturated carbocycles. The third kappa shape index (κ3) is 2.67. The molecule has 0 aromatic heterocycles. The molecule has 1 aliphatic heterocycles. The molecule has 1 atom stereocenters. The van der Waals surface area contributed by atoms with Crippen LogP contribution in [0.1, 0.15) is 20.3 Å². The minimum atomic E-state index is -0.973. The number of rotatable bonds is 3. The highest BCUT2D eigenvalue weighted by molar-refractivity contribution is 7.58. The number of hydrogen-bond donors (Lipinski definition) is 2. The van der Waals surface area contributed by atoms with Crippen molar-refractivity contribution >= 4 is 57.5 Å². The largest absolute Gasteiger partial charge is 0.321 e. The standard InChI is InChI=1S/C11H12Cl2N4OS/c1-3-11(2,14)10(18)15-7-5(12)4-6(13)8-9(7)17-19-16-8/h4H,3,14H2,1-2H3,(H,15,18). The number of anilines is 1. The van der Waals surface area contributed by atoms with Crippen molar-refractivity contribution < 1.29 is 4.79 Å². The summed E-state index contributed by atoms with van der Waals surface area (Å²) in [5.74, 6) is -0.325. The Kier molecular flexibility index (Phi) is 3.96. The van der Waals surface area contributed by atoms with Crippen molar-refractivity contribution in [1.82, 2.24) is 0 Å². The fourth-order valence-electron chi connectivity index (χ4n) is 1.41. The maximum atomic E-state index is 12.1. The lowest BCUT2D eigenvalue weighted by Crippen LogP contribution is -2.47. The minimum Gasteiger partial charge on any atom is -0.321 e. The summed E-state index contributed by atoms with van der Waals surface area (Å²) in [6, 6.07) is 1.53. The molecule has 0 bridgehead atoms. The van der Waals surface area contributed by atoms with Gasteiger partial charge in [-0.2, -0.15) is 8.73 Å². The van der Waals surface area contributed by atoms with Crippen LogP contribution in [0.3, 0.4) is 0 Å². The smallest absolute Gasteiger partial charge is 0.244 e. The molecule has 19 heavy (non-hydrogen) atoms.